The number of aromatic nitrogens is 3. The summed E-state index contributed by atoms with van der Waals surface area (Å²) in [5.41, 5.74) is 1.73. The molecule has 0 amide bonds. The van der Waals surface area contributed by atoms with Crippen LogP contribution in [0.2, 0.25) is 0 Å². The van der Waals surface area contributed by atoms with E-state index in [-0.39, 0.29) is 16.4 Å². The molecule has 0 aliphatic rings. The fourth-order valence-electron chi connectivity index (χ4n) is 2.74. The van der Waals surface area contributed by atoms with Crippen LogP contribution in [-0.4, -0.2) is 23.4 Å². The minimum absolute atomic E-state index is 0.0120. The van der Waals surface area contributed by atoms with Crippen LogP contribution in [-0.2, 0) is 10.0 Å². The Labute approximate surface area is 164 Å². The number of nitrogens with two attached hydrogens (primary N) is 1. The smallest absolute Gasteiger partial charge is 0.238 e. The lowest BCUT2D eigenvalue weighted by atomic mass is 10.1. The van der Waals surface area contributed by atoms with Gasteiger partial charge in [-0.1, -0.05) is 12.1 Å². The lowest BCUT2D eigenvalue weighted by Crippen LogP contribution is -2.11. The second-order valence-electron chi connectivity index (χ2n) is 6.13. The minimum Gasteiger partial charge on any atom is -0.324 e. The van der Waals surface area contributed by atoms with Crippen molar-refractivity contribution >= 4 is 32.6 Å². The van der Waals surface area contributed by atoms with Gasteiger partial charge in [0.15, 0.2) is 0 Å². The molecule has 4 rings (SSSR count). The summed E-state index contributed by atoms with van der Waals surface area (Å²) in [6.07, 6.45) is 1.59. The van der Waals surface area contributed by atoms with Crippen LogP contribution in [0.15, 0.2) is 65.7 Å². The van der Waals surface area contributed by atoms with Crippen molar-refractivity contribution in [2.24, 2.45) is 5.14 Å². The van der Waals surface area contributed by atoms with Crippen molar-refractivity contribution in [2.75, 3.05) is 5.32 Å². The predicted octanol–water partition coefficient (Wildman–Crippen LogP) is 3.36. The number of nitrogens with zero attached hydrogens (tertiary/aromatic N) is 3. The topological polar surface area (TPSA) is 111 Å². The summed E-state index contributed by atoms with van der Waals surface area (Å²) in [4.78, 5) is 11.8. The first-order chi connectivity index (χ1) is 13.8. The standard InChI is InChI=1S/C19H13F2N5O2S/c20-17-8-7-15(18(21)26-17)11-1-2-12-10-23-19(25-16(12)9-11)24-13-3-5-14(6-4-13)29(22,27)28/h1-10H,(H2,22,27,28)(H,23,24,25). The number of benzene rings is 2. The van der Waals surface area contributed by atoms with Crippen LogP contribution in [0.25, 0.3) is 22.0 Å². The van der Waals surface area contributed by atoms with Gasteiger partial charge < -0.3 is 5.32 Å². The van der Waals surface area contributed by atoms with E-state index < -0.39 is 21.9 Å². The number of sulfonamides is 1. The number of halogens is 2. The number of primary sulfonamides is 1. The predicted molar refractivity (Wildman–Crippen MR) is 104 cm³/mol. The molecule has 146 valence electrons. The summed E-state index contributed by atoms with van der Waals surface area (Å²) < 4.78 is 49.7. The Balaban J connectivity index is 1.66. The molecule has 0 bridgehead atoms. The Morgan fingerprint density at radius 2 is 1.69 bits per heavy atom. The summed E-state index contributed by atoms with van der Waals surface area (Å²) in [6.45, 7) is 0. The third-order valence-corrected chi connectivity index (χ3v) is 5.08. The highest BCUT2D eigenvalue weighted by atomic mass is 32.2. The Morgan fingerprint density at radius 1 is 0.931 bits per heavy atom. The van der Waals surface area contributed by atoms with Gasteiger partial charge in [-0.05, 0) is 48.0 Å². The van der Waals surface area contributed by atoms with E-state index in [9.17, 15) is 17.2 Å². The number of rotatable bonds is 4. The van der Waals surface area contributed by atoms with Gasteiger partial charge in [-0.25, -0.2) is 23.5 Å². The van der Waals surface area contributed by atoms with Crippen molar-refractivity contribution in [1.82, 2.24) is 15.0 Å². The van der Waals surface area contributed by atoms with Crippen LogP contribution in [0.1, 0.15) is 0 Å². The van der Waals surface area contributed by atoms with Crippen molar-refractivity contribution in [1.29, 1.82) is 0 Å². The van der Waals surface area contributed by atoms with E-state index >= 15 is 0 Å². The molecule has 2 aromatic carbocycles. The molecule has 0 saturated heterocycles. The first-order valence-corrected chi connectivity index (χ1v) is 9.83. The number of fused-ring (bicyclic) bond motifs is 1. The van der Waals surface area contributed by atoms with E-state index in [1.54, 1.807) is 24.4 Å². The number of nitrogens with one attached hydrogen (secondary N) is 1. The van der Waals surface area contributed by atoms with Crippen molar-refractivity contribution in [3.63, 3.8) is 0 Å². The molecule has 0 atom stereocenters. The van der Waals surface area contributed by atoms with Crippen molar-refractivity contribution in [3.8, 4) is 11.1 Å². The van der Waals surface area contributed by atoms with Crippen molar-refractivity contribution < 1.29 is 17.2 Å². The quantitative estimate of drug-likeness (QED) is 0.497. The molecule has 0 aliphatic heterocycles. The maximum absolute atomic E-state index is 14.0. The van der Waals surface area contributed by atoms with Gasteiger partial charge in [0, 0.05) is 22.8 Å². The maximum atomic E-state index is 14.0. The third kappa shape index (κ3) is 4.03. The molecule has 0 radical (unpaired) electrons. The summed E-state index contributed by atoms with van der Waals surface area (Å²) in [6, 6.07) is 13.2. The molecule has 7 nitrogen and oxygen atoms in total. The van der Waals surface area contributed by atoms with E-state index in [0.29, 0.717) is 16.8 Å². The number of pyridine rings is 1. The minimum atomic E-state index is -3.78. The second kappa shape index (κ2) is 7.15. The first kappa shape index (κ1) is 18.8. The third-order valence-electron chi connectivity index (χ3n) is 4.15. The molecule has 4 aromatic rings. The molecule has 10 heteroatoms. The van der Waals surface area contributed by atoms with Crippen molar-refractivity contribution in [3.05, 3.63) is 72.7 Å². The van der Waals surface area contributed by atoms with Crippen LogP contribution >= 0.6 is 0 Å². The van der Waals surface area contributed by atoms with E-state index in [4.69, 9.17) is 5.14 Å². The summed E-state index contributed by atoms with van der Waals surface area (Å²) in [7, 11) is -3.78. The largest absolute Gasteiger partial charge is 0.324 e. The van der Waals surface area contributed by atoms with Crippen molar-refractivity contribution in [2.45, 2.75) is 4.90 Å². The van der Waals surface area contributed by atoms with Gasteiger partial charge in [-0.3, -0.25) is 0 Å². The fraction of sp³-hybridized carbons (Fsp3) is 0. The number of hydrogen-bond acceptors (Lipinski definition) is 6. The molecule has 0 spiro atoms. The zero-order valence-corrected chi connectivity index (χ0v) is 15.5. The maximum Gasteiger partial charge on any atom is 0.238 e. The molecular formula is C19H13F2N5O2S. The lowest BCUT2D eigenvalue weighted by molar-refractivity contribution is 0.515. The Bertz CT molecular complexity index is 1330. The fourth-order valence-corrected chi connectivity index (χ4v) is 3.25. The summed E-state index contributed by atoms with van der Waals surface area (Å²) in [5.74, 6) is -1.54. The lowest BCUT2D eigenvalue weighted by Gasteiger charge is -2.08. The summed E-state index contributed by atoms with van der Waals surface area (Å²) in [5, 5.41) is 8.76. The van der Waals surface area contributed by atoms with E-state index in [1.807, 2.05) is 0 Å². The summed E-state index contributed by atoms with van der Waals surface area (Å²) >= 11 is 0. The van der Waals surface area contributed by atoms with E-state index in [0.717, 1.165) is 11.5 Å². The average molecular weight is 413 g/mol. The van der Waals surface area contributed by atoms with Gasteiger partial charge in [-0.15, -0.1) is 0 Å². The van der Waals surface area contributed by atoms with E-state index in [2.05, 4.69) is 20.3 Å². The molecule has 2 heterocycles. The Morgan fingerprint density at radius 3 is 2.38 bits per heavy atom. The van der Waals surface area contributed by atoms with Gasteiger partial charge in [0.1, 0.15) is 0 Å². The van der Waals surface area contributed by atoms with Crippen LogP contribution in [0.4, 0.5) is 20.4 Å². The molecule has 0 saturated carbocycles. The first-order valence-electron chi connectivity index (χ1n) is 8.29. The van der Waals surface area contributed by atoms with Gasteiger partial charge in [0.2, 0.25) is 27.9 Å². The SMILES string of the molecule is NS(=O)(=O)c1ccc(Nc2ncc3ccc(-c4ccc(F)nc4F)cc3n2)cc1. The zero-order valence-electron chi connectivity index (χ0n) is 14.7. The molecule has 0 unspecified atom stereocenters. The normalized spacial score (nSPS) is 11.6. The van der Waals surface area contributed by atoms with Gasteiger partial charge in [-0.2, -0.15) is 13.8 Å². The van der Waals surface area contributed by atoms with Gasteiger partial charge in [0.05, 0.1) is 10.4 Å². The number of hydrogen-bond donors (Lipinski definition) is 2. The van der Waals surface area contributed by atoms with Crippen LogP contribution < -0.4 is 10.5 Å². The zero-order chi connectivity index (χ0) is 20.6. The Hall–Kier alpha value is -3.50. The second-order valence-corrected chi connectivity index (χ2v) is 7.70. The van der Waals surface area contributed by atoms with E-state index in [1.165, 1.54) is 30.3 Å². The molecule has 2 aromatic heterocycles. The van der Waals surface area contributed by atoms with Crippen LogP contribution in [0.5, 0.6) is 0 Å². The highest BCUT2D eigenvalue weighted by molar-refractivity contribution is 7.89. The van der Waals surface area contributed by atoms with Crippen LogP contribution in [0, 0.1) is 11.9 Å². The monoisotopic (exact) mass is 413 g/mol. The number of anilines is 2. The molecule has 29 heavy (non-hydrogen) atoms. The van der Waals surface area contributed by atoms with Gasteiger partial charge >= 0.3 is 0 Å². The molecule has 0 fully saturated rings. The van der Waals surface area contributed by atoms with Gasteiger partial charge in [0.25, 0.3) is 0 Å². The highest BCUT2D eigenvalue weighted by Crippen LogP contribution is 2.26. The average Bonchev–Trinajstić information content (AvgIpc) is 2.67. The highest BCUT2D eigenvalue weighted by Gasteiger charge is 2.10. The molecule has 3 N–H and O–H groups in total. The van der Waals surface area contributed by atoms with Crippen LogP contribution in [0.3, 0.4) is 0 Å². The molecule has 0 aliphatic carbocycles. The molecular weight excluding hydrogens is 400 g/mol. The Kier molecular flexibility index (Phi) is 4.65.